The first kappa shape index (κ1) is 30.3. The lowest BCUT2D eigenvalue weighted by molar-refractivity contribution is -0.116. The highest BCUT2D eigenvalue weighted by molar-refractivity contribution is 7.80. The summed E-state index contributed by atoms with van der Waals surface area (Å²) >= 11 is 5.90. The summed E-state index contributed by atoms with van der Waals surface area (Å²) in [4.78, 5) is 22.3. The number of aromatic nitrogens is 2. The van der Waals surface area contributed by atoms with Gasteiger partial charge < -0.3 is 25.0 Å². The van der Waals surface area contributed by atoms with Crippen LogP contribution in [0.25, 0.3) is 5.69 Å². The predicted molar refractivity (Wildman–Crippen MR) is 180 cm³/mol. The zero-order valence-electron chi connectivity index (χ0n) is 26.0. The Bertz CT molecular complexity index is 1590. The third-order valence-electron chi connectivity index (χ3n) is 8.47. The summed E-state index contributed by atoms with van der Waals surface area (Å²) in [7, 11) is 0. The summed E-state index contributed by atoms with van der Waals surface area (Å²) < 4.78 is 2.31. The van der Waals surface area contributed by atoms with Crippen LogP contribution in [0.2, 0.25) is 0 Å². The molecule has 7 nitrogen and oxygen atoms in total. The summed E-state index contributed by atoms with van der Waals surface area (Å²) in [6.07, 6.45) is 2.13. The van der Waals surface area contributed by atoms with Crippen molar-refractivity contribution in [3.8, 4) is 5.69 Å². The number of aryl methyl sites for hydroxylation is 3. The van der Waals surface area contributed by atoms with Gasteiger partial charge in [-0.05, 0) is 119 Å². The van der Waals surface area contributed by atoms with E-state index in [1.807, 2.05) is 50.4 Å². The normalized spacial score (nSPS) is 16.3. The van der Waals surface area contributed by atoms with E-state index >= 15 is 0 Å². The van der Waals surface area contributed by atoms with Crippen molar-refractivity contribution in [2.75, 3.05) is 29.9 Å². The van der Waals surface area contributed by atoms with Gasteiger partial charge >= 0.3 is 0 Å². The number of pyridine rings is 1. The van der Waals surface area contributed by atoms with Gasteiger partial charge in [0.05, 0.1) is 17.8 Å². The first-order valence-electron chi connectivity index (χ1n) is 15.1. The Balaban J connectivity index is 1.46. The van der Waals surface area contributed by atoms with Crippen LogP contribution in [0.1, 0.15) is 66.1 Å². The molecule has 43 heavy (non-hydrogen) atoms. The fourth-order valence-corrected chi connectivity index (χ4v) is 6.51. The molecule has 1 aliphatic rings. The largest absolute Gasteiger partial charge is 0.372 e. The van der Waals surface area contributed by atoms with E-state index in [2.05, 4.69) is 89.1 Å². The lowest BCUT2D eigenvalue weighted by Crippen LogP contribution is -2.33. The molecule has 1 aliphatic heterocycles. The standard InChI is InChI=1S/C35H42N6OS/c1-7-39(8-2)27-14-16-28(17-15-27)41-25(5)22-29(26(41)6)34-33(30-11-9-10-19-36-30)38-35(43)40(34)20-18-32(42)37-31-21-23(3)12-13-24(31)4/h9-17,19,21-22,33-34H,7-8,18,20H2,1-6H3,(H,37,42)(H,38,43)/t33-,34+/m0/s1. The third-order valence-corrected chi connectivity index (χ3v) is 8.82. The van der Waals surface area contributed by atoms with Gasteiger partial charge in [-0.2, -0.15) is 0 Å². The smallest absolute Gasteiger partial charge is 0.226 e. The Morgan fingerprint density at radius 1 is 1.00 bits per heavy atom. The molecule has 1 saturated heterocycles. The highest BCUT2D eigenvalue weighted by Crippen LogP contribution is 2.41. The van der Waals surface area contributed by atoms with Gasteiger partial charge in [-0.3, -0.25) is 9.78 Å². The van der Waals surface area contributed by atoms with E-state index in [-0.39, 0.29) is 18.0 Å². The van der Waals surface area contributed by atoms with Crippen molar-refractivity contribution in [2.24, 2.45) is 0 Å². The molecule has 2 aromatic carbocycles. The van der Waals surface area contributed by atoms with E-state index in [0.717, 1.165) is 52.7 Å². The van der Waals surface area contributed by atoms with Crippen LogP contribution in [-0.4, -0.2) is 45.1 Å². The molecule has 0 saturated carbocycles. The van der Waals surface area contributed by atoms with Crippen LogP contribution >= 0.6 is 12.2 Å². The van der Waals surface area contributed by atoms with Crippen LogP contribution in [0, 0.1) is 27.7 Å². The van der Waals surface area contributed by atoms with Gasteiger partial charge in [0.1, 0.15) is 0 Å². The average molecular weight is 595 g/mol. The van der Waals surface area contributed by atoms with Crippen molar-refractivity contribution in [1.82, 2.24) is 19.8 Å². The first-order valence-corrected chi connectivity index (χ1v) is 15.5. The molecule has 2 atom stereocenters. The second kappa shape index (κ2) is 13.0. The first-order chi connectivity index (χ1) is 20.7. The van der Waals surface area contributed by atoms with Crippen molar-refractivity contribution in [3.63, 3.8) is 0 Å². The summed E-state index contributed by atoms with van der Waals surface area (Å²) in [5.41, 5.74) is 9.75. The Kier molecular flexibility index (Phi) is 9.16. The number of thiocarbonyl (C=S) groups is 1. The molecule has 2 aromatic heterocycles. The summed E-state index contributed by atoms with van der Waals surface area (Å²) in [5.74, 6) is -0.0321. The van der Waals surface area contributed by atoms with Crippen LogP contribution in [0.3, 0.4) is 0 Å². The lowest BCUT2D eigenvalue weighted by atomic mass is 9.96. The molecule has 0 aliphatic carbocycles. The van der Waals surface area contributed by atoms with Crippen molar-refractivity contribution in [3.05, 3.63) is 107 Å². The van der Waals surface area contributed by atoms with E-state index in [4.69, 9.17) is 17.2 Å². The van der Waals surface area contributed by atoms with Gasteiger partial charge in [0.15, 0.2) is 5.11 Å². The Morgan fingerprint density at radius 3 is 2.42 bits per heavy atom. The molecule has 3 heterocycles. The molecule has 0 bridgehead atoms. The molecule has 8 heteroatoms. The maximum absolute atomic E-state index is 13.1. The fraction of sp³-hybridized carbons (Fsp3) is 0.343. The summed E-state index contributed by atoms with van der Waals surface area (Å²) in [6, 6.07) is 22.8. The molecule has 1 fully saturated rings. The van der Waals surface area contributed by atoms with Crippen LogP contribution in [0.4, 0.5) is 11.4 Å². The highest BCUT2D eigenvalue weighted by atomic mass is 32.1. The van der Waals surface area contributed by atoms with E-state index in [0.29, 0.717) is 18.1 Å². The zero-order chi connectivity index (χ0) is 30.7. The number of hydrogen-bond donors (Lipinski definition) is 2. The Hall–Kier alpha value is -4.17. The van der Waals surface area contributed by atoms with Gasteiger partial charge in [0.2, 0.25) is 5.91 Å². The number of nitrogens with one attached hydrogen (secondary N) is 2. The minimum absolute atomic E-state index is 0.0321. The minimum atomic E-state index is -0.144. The maximum atomic E-state index is 13.1. The molecular formula is C35H42N6OS. The number of hydrogen-bond acceptors (Lipinski definition) is 4. The molecule has 5 rings (SSSR count). The molecule has 0 unspecified atom stereocenters. The third kappa shape index (κ3) is 6.30. The average Bonchev–Trinajstić information content (AvgIpc) is 3.49. The van der Waals surface area contributed by atoms with Gasteiger partial charge in [-0.15, -0.1) is 0 Å². The van der Waals surface area contributed by atoms with E-state index in [1.165, 1.54) is 11.3 Å². The van der Waals surface area contributed by atoms with Crippen molar-refractivity contribution < 1.29 is 4.79 Å². The second-order valence-electron chi connectivity index (χ2n) is 11.3. The topological polar surface area (TPSA) is 65.4 Å². The number of rotatable bonds is 10. The second-order valence-corrected chi connectivity index (χ2v) is 11.7. The number of carbonyl (C=O) groups is 1. The monoisotopic (exact) mass is 594 g/mol. The molecule has 224 valence electrons. The summed E-state index contributed by atoms with van der Waals surface area (Å²) in [5, 5.41) is 7.27. The Morgan fingerprint density at radius 2 is 1.74 bits per heavy atom. The molecule has 1 amide bonds. The predicted octanol–water partition coefficient (Wildman–Crippen LogP) is 6.95. The van der Waals surface area contributed by atoms with E-state index < -0.39 is 0 Å². The van der Waals surface area contributed by atoms with Crippen LogP contribution in [0.5, 0.6) is 0 Å². The van der Waals surface area contributed by atoms with Crippen LogP contribution in [0.15, 0.2) is 72.9 Å². The number of amides is 1. The number of carbonyl (C=O) groups excluding carboxylic acids is 1. The minimum Gasteiger partial charge on any atom is -0.372 e. The van der Waals surface area contributed by atoms with Gasteiger partial charge in [-0.1, -0.05) is 18.2 Å². The lowest BCUT2D eigenvalue weighted by Gasteiger charge is -2.28. The highest BCUT2D eigenvalue weighted by Gasteiger charge is 2.41. The fourth-order valence-electron chi connectivity index (χ4n) is 6.18. The van der Waals surface area contributed by atoms with Crippen LogP contribution < -0.4 is 15.5 Å². The van der Waals surface area contributed by atoms with E-state index in [1.54, 1.807) is 0 Å². The van der Waals surface area contributed by atoms with Crippen molar-refractivity contribution in [2.45, 2.75) is 60.0 Å². The van der Waals surface area contributed by atoms with Gasteiger partial charge in [-0.25, -0.2) is 0 Å². The SMILES string of the molecule is CCN(CC)c1ccc(-n2c(C)cc([C@@H]3[C@H](c4ccccn4)NC(=S)N3CCC(=O)Nc3cc(C)ccc3C)c2C)cc1. The van der Waals surface area contributed by atoms with Crippen molar-refractivity contribution >= 4 is 34.6 Å². The molecule has 2 N–H and O–H groups in total. The molecule has 4 aromatic rings. The number of benzene rings is 2. The maximum Gasteiger partial charge on any atom is 0.226 e. The summed E-state index contributed by atoms with van der Waals surface area (Å²) in [6.45, 7) is 15.2. The number of anilines is 2. The zero-order valence-corrected chi connectivity index (χ0v) is 26.8. The van der Waals surface area contributed by atoms with Crippen LogP contribution in [-0.2, 0) is 4.79 Å². The molecule has 0 spiro atoms. The van der Waals surface area contributed by atoms with Gasteiger partial charge in [0, 0.05) is 60.7 Å². The van der Waals surface area contributed by atoms with E-state index in [9.17, 15) is 4.79 Å². The Labute approximate surface area is 260 Å². The van der Waals surface area contributed by atoms with Gasteiger partial charge in [0.25, 0.3) is 0 Å². The quantitative estimate of drug-likeness (QED) is 0.194. The molecule has 0 radical (unpaired) electrons. The van der Waals surface area contributed by atoms with Crippen molar-refractivity contribution in [1.29, 1.82) is 0 Å². The molecular weight excluding hydrogens is 552 g/mol. The number of nitrogens with zero attached hydrogens (tertiary/aromatic N) is 4.